The third-order valence-corrected chi connectivity index (χ3v) is 4.88. The van der Waals surface area contributed by atoms with Crippen molar-refractivity contribution in [1.29, 1.82) is 0 Å². The van der Waals surface area contributed by atoms with Crippen LogP contribution in [0.3, 0.4) is 0 Å². The number of nitrogens with zero attached hydrogens (tertiary/aromatic N) is 2. The third kappa shape index (κ3) is 2.49. The van der Waals surface area contributed by atoms with E-state index in [2.05, 4.69) is 4.98 Å². The summed E-state index contributed by atoms with van der Waals surface area (Å²) in [6.07, 6.45) is 0.529. The summed E-state index contributed by atoms with van der Waals surface area (Å²) in [5, 5.41) is 2.56. The van der Waals surface area contributed by atoms with Gasteiger partial charge in [-0.05, 0) is 11.1 Å². The van der Waals surface area contributed by atoms with Crippen molar-refractivity contribution in [3.05, 3.63) is 87.8 Å². The first-order chi connectivity index (χ1) is 11.7. The van der Waals surface area contributed by atoms with Crippen LogP contribution in [0.1, 0.15) is 11.4 Å². The standard InChI is InChI=1S/C19H15N3OS/c20-22-16(11-13-7-3-1-4-8-13)21-18-17(19(22)23)15(12-24-18)14-9-5-2-6-10-14/h1-10,12H,11,20H2. The molecular formula is C19H15N3OS. The van der Waals surface area contributed by atoms with Crippen LogP contribution in [-0.4, -0.2) is 9.66 Å². The fourth-order valence-corrected chi connectivity index (χ4v) is 3.74. The van der Waals surface area contributed by atoms with Crippen molar-refractivity contribution in [1.82, 2.24) is 9.66 Å². The Morgan fingerprint density at radius 3 is 2.38 bits per heavy atom. The van der Waals surface area contributed by atoms with Gasteiger partial charge in [0.15, 0.2) is 0 Å². The van der Waals surface area contributed by atoms with E-state index < -0.39 is 0 Å². The van der Waals surface area contributed by atoms with E-state index in [1.807, 2.05) is 66.0 Å². The SMILES string of the molecule is Nn1c(Cc2ccccc2)nc2scc(-c3ccccc3)c2c1=O. The topological polar surface area (TPSA) is 60.9 Å². The van der Waals surface area contributed by atoms with Gasteiger partial charge in [-0.15, -0.1) is 11.3 Å². The Hall–Kier alpha value is -2.92. The summed E-state index contributed by atoms with van der Waals surface area (Å²) in [6.45, 7) is 0. The molecule has 0 amide bonds. The number of rotatable bonds is 3. The van der Waals surface area contributed by atoms with Gasteiger partial charge >= 0.3 is 0 Å². The zero-order valence-electron chi connectivity index (χ0n) is 12.8. The second-order valence-corrected chi connectivity index (χ2v) is 6.42. The molecule has 0 saturated carbocycles. The Labute approximate surface area is 142 Å². The predicted molar refractivity (Wildman–Crippen MR) is 98.7 cm³/mol. The molecular weight excluding hydrogens is 318 g/mol. The van der Waals surface area contributed by atoms with Gasteiger partial charge in [-0.2, -0.15) is 0 Å². The van der Waals surface area contributed by atoms with Crippen molar-refractivity contribution in [2.75, 3.05) is 5.84 Å². The van der Waals surface area contributed by atoms with E-state index in [9.17, 15) is 4.79 Å². The molecule has 0 saturated heterocycles. The van der Waals surface area contributed by atoms with Crippen molar-refractivity contribution < 1.29 is 0 Å². The highest BCUT2D eigenvalue weighted by molar-refractivity contribution is 7.17. The van der Waals surface area contributed by atoms with E-state index in [-0.39, 0.29) is 5.56 Å². The van der Waals surface area contributed by atoms with Gasteiger partial charge in [0.2, 0.25) is 0 Å². The van der Waals surface area contributed by atoms with E-state index >= 15 is 0 Å². The van der Waals surface area contributed by atoms with Crippen LogP contribution in [0.5, 0.6) is 0 Å². The number of aromatic nitrogens is 2. The maximum Gasteiger partial charge on any atom is 0.281 e. The molecule has 0 radical (unpaired) electrons. The average molecular weight is 333 g/mol. The lowest BCUT2D eigenvalue weighted by atomic mass is 10.1. The zero-order chi connectivity index (χ0) is 16.5. The first-order valence-corrected chi connectivity index (χ1v) is 8.49. The van der Waals surface area contributed by atoms with Crippen LogP contribution in [0, 0.1) is 0 Å². The lowest BCUT2D eigenvalue weighted by Gasteiger charge is -2.08. The number of thiophene rings is 1. The molecule has 2 aromatic heterocycles. The van der Waals surface area contributed by atoms with Gasteiger partial charge in [0.05, 0.1) is 5.39 Å². The lowest BCUT2D eigenvalue weighted by Crippen LogP contribution is -2.31. The van der Waals surface area contributed by atoms with Crippen LogP contribution < -0.4 is 11.4 Å². The van der Waals surface area contributed by atoms with Gasteiger partial charge in [-0.1, -0.05) is 60.7 Å². The number of hydrogen-bond donors (Lipinski definition) is 1. The van der Waals surface area contributed by atoms with E-state index in [0.29, 0.717) is 17.6 Å². The fraction of sp³-hybridized carbons (Fsp3) is 0.0526. The van der Waals surface area contributed by atoms with E-state index in [0.717, 1.165) is 21.5 Å². The summed E-state index contributed by atoms with van der Waals surface area (Å²) in [4.78, 5) is 18.2. The van der Waals surface area contributed by atoms with Gasteiger partial charge in [0.1, 0.15) is 10.7 Å². The van der Waals surface area contributed by atoms with Crippen molar-refractivity contribution in [2.45, 2.75) is 6.42 Å². The molecule has 0 aliphatic carbocycles. The van der Waals surface area contributed by atoms with Crippen LogP contribution in [0.25, 0.3) is 21.3 Å². The van der Waals surface area contributed by atoms with Gasteiger partial charge in [-0.3, -0.25) is 4.79 Å². The molecule has 2 N–H and O–H groups in total. The Balaban J connectivity index is 1.86. The molecule has 0 atom stereocenters. The molecule has 0 fully saturated rings. The number of hydrogen-bond acceptors (Lipinski definition) is 4. The zero-order valence-corrected chi connectivity index (χ0v) is 13.7. The monoisotopic (exact) mass is 333 g/mol. The highest BCUT2D eigenvalue weighted by atomic mass is 32.1. The minimum atomic E-state index is -0.203. The summed E-state index contributed by atoms with van der Waals surface area (Å²) < 4.78 is 1.18. The third-order valence-electron chi connectivity index (χ3n) is 4.00. The molecule has 4 aromatic rings. The van der Waals surface area contributed by atoms with Crippen molar-refractivity contribution in [2.24, 2.45) is 0 Å². The maximum atomic E-state index is 12.8. The maximum absolute atomic E-state index is 12.8. The second kappa shape index (κ2) is 5.94. The van der Waals surface area contributed by atoms with Crippen LogP contribution in [0.15, 0.2) is 70.8 Å². The Kier molecular flexibility index (Phi) is 3.63. The van der Waals surface area contributed by atoms with Crippen molar-refractivity contribution in [3.63, 3.8) is 0 Å². The highest BCUT2D eigenvalue weighted by Crippen LogP contribution is 2.30. The number of nitrogen functional groups attached to an aromatic ring is 1. The molecule has 2 heterocycles. The molecule has 4 rings (SSSR count). The van der Waals surface area contributed by atoms with E-state index in [1.165, 1.54) is 16.0 Å². The molecule has 2 aromatic carbocycles. The molecule has 118 valence electrons. The number of benzene rings is 2. The molecule has 0 aliphatic heterocycles. The smallest absolute Gasteiger partial charge is 0.281 e. The molecule has 0 aliphatic rings. The summed E-state index contributed by atoms with van der Waals surface area (Å²) in [6, 6.07) is 19.7. The minimum Gasteiger partial charge on any atom is -0.335 e. The van der Waals surface area contributed by atoms with Crippen molar-refractivity contribution >= 4 is 21.6 Å². The van der Waals surface area contributed by atoms with E-state index in [4.69, 9.17) is 5.84 Å². The Morgan fingerprint density at radius 2 is 1.67 bits per heavy atom. The summed E-state index contributed by atoms with van der Waals surface area (Å²) in [7, 11) is 0. The average Bonchev–Trinajstić information content (AvgIpc) is 3.05. The summed E-state index contributed by atoms with van der Waals surface area (Å²) in [5.41, 5.74) is 2.76. The summed E-state index contributed by atoms with van der Waals surface area (Å²) >= 11 is 1.48. The fourth-order valence-electron chi connectivity index (χ4n) is 2.78. The number of fused-ring (bicyclic) bond motifs is 1. The highest BCUT2D eigenvalue weighted by Gasteiger charge is 2.15. The second-order valence-electron chi connectivity index (χ2n) is 5.56. The van der Waals surface area contributed by atoms with E-state index in [1.54, 1.807) is 0 Å². The molecule has 5 heteroatoms. The van der Waals surface area contributed by atoms with Gasteiger partial charge in [-0.25, -0.2) is 9.66 Å². The molecule has 0 spiro atoms. The quantitative estimate of drug-likeness (QED) is 0.584. The molecule has 4 nitrogen and oxygen atoms in total. The van der Waals surface area contributed by atoms with Gasteiger partial charge in [0, 0.05) is 17.4 Å². The normalized spacial score (nSPS) is 11.0. The minimum absolute atomic E-state index is 0.203. The number of nitrogens with two attached hydrogens (primary N) is 1. The van der Waals surface area contributed by atoms with Crippen LogP contribution in [0.4, 0.5) is 0 Å². The van der Waals surface area contributed by atoms with Gasteiger partial charge in [0.25, 0.3) is 5.56 Å². The van der Waals surface area contributed by atoms with Crippen LogP contribution >= 0.6 is 11.3 Å². The first-order valence-electron chi connectivity index (χ1n) is 7.61. The molecule has 0 bridgehead atoms. The predicted octanol–water partition coefficient (Wildman–Crippen LogP) is 3.43. The van der Waals surface area contributed by atoms with Crippen molar-refractivity contribution in [3.8, 4) is 11.1 Å². The largest absolute Gasteiger partial charge is 0.335 e. The molecule has 0 unspecified atom stereocenters. The summed E-state index contributed by atoms with van der Waals surface area (Å²) in [5.74, 6) is 6.62. The lowest BCUT2D eigenvalue weighted by molar-refractivity contribution is 0.816. The van der Waals surface area contributed by atoms with Gasteiger partial charge < -0.3 is 5.84 Å². The van der Waals surface area contributed by atoms with Crippen LogP contribution in [0.2, 0.25) is 0 Å². The Morgan fingerprint density at radius 1 is 1.00 bits per heavy atom. The Bertz CT molecular complexity index is 1050. The molecule has 24 heavy (non-hydrogen) atoms. The first kappa shape index (κ1) is 14.7. The van der Waals surface area contributed by atoms with Crippen LogP contribution in [-0.2, 0) is 6.42 Å².